The first kappa shape index (κ1) is 25.4. The molecule has 202 valence electrons. The first-order valence-electron chi connectivity index (χ1n) is 14.0. The van der Waals surface area contributed by atoms with Gasteiger partial charge in [0.25, 0.3) is 0 Å². The van der Waals surface area contributed by atoms with Crippen LogP contribution >= 0.6 is 0 Å². The first-order valence-corrected chi connectivity index (χ1v) is 14.0. The van der Waals surface area contributed by atoms with Crippen molar-refractivity contribution in [3.8, 4) is 28.3 Å². The summed E-state index contributed by atoms with van der Waals surface area (Å²) in [7, 11) is 0. The van der Waals surface area contributed by atoms with Crippen molar-refractivity contribution >= 4 is 11.5 Å². The molecule has 1 saturated heterocycles. The van der Waals surface area contributed by atoms with Gasteiger partial charge < -0.3 is 25.1 Å². The van der Waals surface area contributed by atoms with Crippen molar-refractivity contribution in [2.75, 3.05) is 23.3 Å². The van der Waals surface area contributed by atoms with Gasteiger partial charge in [0, 0.05) is 55.6 Å². The molecule has 2 aliphatic rings. The second-order valence-corrected chi connectivity index (χ2v) is 10.7. The van der Waals surface area contributed by atoms with Crippen molar-refractivity contribution in [1.29, 1.82) is 0 Å². The standard InChI is InChI=1S/C31H36N6O2/c1-21-35-36-31(39-21)22-11-13-26(14-12-22)37-17-5-7-25(20-37)33-28-9-2-3-10-29(28)34-30-19-24(15-16-32-30)23-6-4-8-27(38)18-23/h4,6,8,11-16,18-19,25,28-29,33,38H,2-3,5,7,9-10,17,20H2,1H3,(H,32,34)/t25?,28-,29-/m1/s1. The zero-order valence-corrected chi connectivity index (χ0v) is 22.4. The molecule has 0 amide bonds. The molecule has 8 nitrogen and oxygen atoms in total. The molecular formula is C31H36N6O2. The topological polar surface area (TPSA) is 99.3 Å². The normalized spacial score (nSPS) is 21.6. The third kappa shape index (κ3) is 6.06. The van der Waals surface area contributed by atoms with Gasteiger partial charge in [-0.1, -0.05) is 25.0 Å². The molecule has 1 saturated carbocycles. The number of benzene rings is 2. The molecule has 1 aliphatic heterocycles. The van der Waals surface area contributed by atoms with Crippen LogP contribution in [0.15, 0.2) is 71.3 Å². The Kier molecular flexibility index (Phi) is 7.45. The van der Waals surface area contributed by atoms with E-state index in [1.54, 1.807) is 12.1 Å². The number of hydrogen-bond donors (Lipinski definition) is 3. The lowest BCUT2D eigenvalue weighted by Crippen LogP contribution is -2.54. The van der Waals surface area contributed by atoms with Crippen LogP contribution in [0, 0.1) is 6.92 Å². The van der Waals surface area contributed by atoms with Gasteiger partial charge in [-0.25, -0.2) is 4.98 Å². The Morgan fingerprint density at radius 1 is 0.872 bits per heavy atom. The largest absolute Gasteiger partial charge is 0.508 e. The van der Waals surface area contributed by atoms with Gasteiger partial charge in [0.05, 0.1) is 0 Å². The Bertz CT molecular complexity index is 1390. The van der Waals surface area contributed by atoms with Gasteiger partial charge in [-0.2, -0.15) is 0 Å². The summed E-state index contributed by atoms with van der Waals surface area (Å²) in [5.74, 6) is 2.30. The Hall–Kier alpha value is -3.91. The number of aryl methyl sites for hydroxylation is 1. The minimum absolute atomic E-state index is 0.273. The van der Waals surface area contributed by atoms with Crippen molar-refractivity contribution in [1.82, 2.24) is 20.5 Å². The van der Waals surface area contributed by atoms with Gasteiger partial charge in [-0.3, -0.25) is 0 Å². The quantitative estimate of drug-likeness (QED) is 0.279. The molecule has 3 atom stereocenters. The van der Waals surface area contributed by atoms with E-state index in [1.807, 2.05) is 31.3 Å². The number of anilines is 2. The van der Waals surface area contributed by atoms with Gasteiger partial charge in [-0.05, 0) is 85.3 Å². The Morgan fingerprint density at radius 3 is 2.49 bits per heavy atom. The fourth-order valence-corrected chi connectivity index (χ4v) is 5.95. The van der Waals surface area contributed by atoms with Crippen molar-refractivity contribution in [3.63, 3.8) is 0 Å². The van der Waals surface area contributed by atoms with Crippen LogP contribution in [-0.2, 0) is 0 Å². The third-order valence-electron chi connectivity index (χ3n) is 7.92. The second kappa shape index (κ2) is 11.5. The van der Waals surface area contributed by atoms with Crippen LogP contribution in [0.3, 0.4) is 0 Å². The Morgan fingerprint density at radius 2 is 1.69 bits per heavy atom. The zero-order valence-electron chi connectivity index (χ0n) is 22.4. The van der Waals surface area contributed by atoms with Crippen LogP contribution in [0.25, 0.3) is 22.6 Å². The molecule has 2 aromatic heterocycles. The maximum absolute atomic E-state index is 9.90. The number of aromatic nitrogens is 3. The number of phenolic OH excluding ortho intramolecular Hbond substituents is 1. The van der Waals surface area contributed by atoms with Gasteiger partial charge in [0.15, 0.2) is 0 Å². The van der Waals surface area contributed by atoms with Crippen molar-refractivity contribution in [3.05, 3.63) is 72.8 Å². The highest BCUT2D eigenvalue weighted by atomic mass is 16.4. The van der Waals surface area contributed by atoms with E-state index in [4.69, 9.17) is 4.42 Å². The van der Waals surface area contributed by atoms with Crippen LogP contribution in [0.2, 0.25) is 0 Å². The van der Waals surface area contributed by atoms with Crippen LogP contribution in [0.4, 0.5) is 11.5 Å². The van der Waals surface area contributed by atoms with Crippen LogP contribution in [0.5, 0.6) is 5.75 Å². The lowest BCUT2D eigenvalue weighted by molar-refractivity contribution is 0.293. The molecular weight excluding hydrogens is 488 g/mol. The number of aromatic hydroxyl groups is 1. The summed E-state index contributed by atoms with van der Waals surface area (Å²) < 4.78 is 5.58. The number of piperidine rings is 1. The van der Waals surface area contributed by atoms with Crippen LogP contribution < -0.4 is 15.5 Å². The number of phenols is 1. The summed E-state index contributed by atoms with van der Waals surface area (Å²) >= 11 is 0. The van der Waals surface area contributed by atoms with E-state index in [0.29, 0.717) is 29.9 Å². The van der Waals surface area contributed by atoms with E-state index in [9.17, 15) is 5.11 Å². The van der Waals surface area contributed by atoms with E-state index >= 15 is 0 Å². The number of hydrogen-bond acceptors (Lipinski definition) is 8. The molecule has 0 bridgehead atoms. The summed E-state index contributed by atoms with van der Waals surface area (Å²) in [6, 6.07) is 21.1. The van der Waals surface area contributed by atoms with Crippen molar-refractivity contribution in [2.45, 2.75) is 63.6 Å². The van der Waals surface area contributed by atoms with E-state index < -0.39 is 0 Å². The highest BCUT2D eigenvalue weighted by Crippen LogP contribution is 2.29. The summed E-state index contributed by atoms with van der Waals surface area (Å²) in [4.78, 5) is 7.10. The maximum atomic E-state index is 9.90. The molecule has 3 heterocycles. The molecule has 39 heavy (non-hydrogen) atoms. The van der Waals surface area contributed by atoms with Gasteiger partial charge in [0.1, 0.15) is 11.6 Å². The second-order valence-electron chi connectivity index (χ2n) is 10.7. The zero-order chi connectivity index (χ0) is 26.6. The summed E-state index contributed by atoms with van der Waals surface area (Å²) in [6.07, 6.45) is 8.97. The van der Waals surface area contributed by atoms with E-state index in [1.165, 1.54) is 37.8 Å². The number of nitrogens with zero attached hydrogens (tertiary/aromatic N) is 4. The minimum atomic E-state index is 0.273. The minimum Gasteiger partial charge on any atom is -0.508 e. The third-order valence-corrected chi connectivity index (χ3v) is 7.92. The smallest absolute Gasteiger partial charge is 0.247 e. The number of rotatable bonds is 7. The maximum Gasteiger partial charge on any atom is 0.247 e. The molecule has 0 spiro atoms. The number of pyridine rings is 1. The predicted octanol–water partition coefficient (Wildman–Crippen LogP) is 5.79. The lowest BCUT2D eigenvalue weighted by Gasteiger charge is -2.40. The van der Waals surface area contributed by atoms with E-state index in [-0.39, 0.29) is 5.75 Å². The summed E-state index contributed by atoms with van der Waals surface area (Å²) in [6.45, 7) is 3.87. The van der Waals surface area contributed by atoms with Crippen LogP contribution in [0.1, 0.15) is 44.4 Å². The van der Waals surface area contributed by atoms with Crippen molar-refractivity contribution < 1.29 is 9.52 Å². The summed E-state index contributed by atoms with van der Waals surface area (Å²) in [5.41, 5.74) is 4.21. The van der Waals surface area contributed by atoms with E-state index in [0.717, 1.165) is 42.0 Å². The molecule has 0 radical (unpaired) electrons. The Balaban J connectivity index is 1.10. The van der Waals surface area contributed by atoms with Gasteiger partial charge in [-0.15, -0.1) is 10.2 Å². The fraction of sp³-hybridized carbons (Fsp3) is 0.387. The highest BCUT2D eigenvalue weighted by molar-refractivity contribution is 5.67. The first-order chi connectivity index (χ1) is 19.1. The monoisotopic (exact) mass is 524 g/mol. The molecule has 4 aromatic rings. The average molecular weight is 525 g/mol. The van der Waals surface area contributed by atoms with E-state index in [2.05, 4.69) is 61.0 Å². The molecule has 6 rings (SSSR count). The SMILES string of the molecule is Cc1nnc(-c2ccc(N3CCCC(N[C@@H]4CCCC[C@H]4Nc4cc(-c5cccc(O)c5)ccn4)C3)cc2)o1. The molecule has 2 aromatic carbocycles. The van der Waals surface area contributed by atoms with Gasteiger partial charge >= 0.3 is 0 Å². The predicted molar refractivity (Wildman–Crippen MR) is 154 cm³/mol. The molecule has 2 fully saturated rings. The Labute approximate surface area is 229 Å². The lowest BCUT2D eigenvalue weighted by atomic mass is 9.89. The average Bonchev–Trinajstić information content (AvgIpc) is 3.41. The van der Waals surface area contributed by atoms with Crippen LogP contribution in [-0.4, -0.2) is 51.5 Å². The van der Waals surface area contributed by atoms with Crippen molar-refractivity contribution in [2.24, 2.45) is 0 Å². The summed E-state index contributed by atoms with van der Waals surface area (Å²) in [5, 5.41) is 25.7. The molecule has 1 aliphatic carbocycles. The number of nitrogens with one attached hydrogen (secondary N) is 2. The molecule has 1 unspecified atom stereocenters. The molecule has 8 heteroatoms. The van der Waals surface area contributed by atoms with Gasteiger partial charge in [0.2, 0.25) is 11.8 Å². The fourth-order valence-electron chi connectivity index (χ4n) is 5.95. The molecule has 3 N–H and O–H groups in total. The highest BCUT2D eigenvalue weighted by Gasteiger charge is 2.29.